The van der Waals surface area contributed by atoms with Crippen LogP contribution < -0.4 is 10.2 Å². The van der Waals surface area contributed by atoms with Gasteiger partial charge in [-0.3, -0.25) is 14.5 Å². The molecule has 6 nitrogen and oxygen atoms in total. The predicted octanol–water partition coefficient (Wildman–Crippen LogP) is 4.60. The van der Waals surface area contributed by atoms with Crippen molar-refractivity contribution >= 4 is 29.0 Å². The fourth-order valence-corrected chi connectivity index (χ4v) is 3.60. The molecule has 1 atom stereocenters. The van der Waals surface area contributed by atoms with Crippen molar-refractivity contribution in [3.63, 3.8) is 0 Å². The molecule has 0 saturated heterocycles. The van der Waals surface area contributed by atoms with Crippen LogP contribution >= 0.6 is 11.5 Å². The Hall–Kier alpha value is -3.13. The van der Waals surface area contributed by atoms with Crippen LogP contribution in [0, 0.1) is 19.7 Å². The van der Waals surface area contributed by atoms with E-state index in [4.69, 9.17) is 0 Å². The first-order chi connectivity index (χ1) is 14.6. The molecule has 0 spiro atoms. The van der Waals surface area contributed by atoms with E-state index in [2.05, 4.69) is 14.9 Å². The van der Waals surface area contributed by atoms with Crippen LogP contribution in [-0.4, -0.2) is 26.9 Å². The molecule has 31 heavy (non-hydrogen) atoms. The maximum absolute atomic E-state index is 14.9. The smallest absolute Gasteiger partial charge is 0.280 e. The summed E-state index contributed by atoms with van der Waals surface area (Å²) in [7, 11) is 0. The lowest BCUT2D eigenvalue weighted by molar-refractivity contribution is -0.124. The Balaban J connectivity index is 2.23. The number of nitrogens with zero attached hydrogens (tertiary/aromatic N) is 3. The average molecular weight is 441 g/mol. The Kier molecular flexibility index (Phi) is 6.50. The second-order valence-electron chi connectivity index (χ2n) is 8.40. The Labute approximate surface area is 185 Å². The minimum Gasteiger partial charge on any atom is -0.349 e. The summed E-state index contributed by atoms with van der Waals surface area (Å²) < 4.78 is 18.7. The van der Waals surface area contributed by atoms with Gasteiger partial charge in [0.15, 0.2) is 5.69 Å². The number of hydrogen-bond acceptors (Lipinski definition) is 5. The van der Waals surface area contributed by atoms with Gasteiger partial charge in [0.25, 0.3) is 5.91 Å². The predicted molar refractivity (Wildman–Crippen MR) is 120 cm³/mol. The number of rotatable bonds is 5. The normalized spacial score (nSPS) is 12.3. The lowest BCUT2D eigenvalue weighted by Gasteiger charge is -2.33. The maximum Gasteiger partial charge on any atom is 0.280 e. The van der Waals surface area contributed by atoms with E-state index < -0.39 is 29.2 Å². The van der Waals surface area contributed by atoms with Gasteiger partial charge in [-0.25, -0.2) is 4.39 Å². The standard InChI is InChI=1S/C23H25FN4O2S/c1-14-10-11-16(12-15(14)2)28(22(30)19-13-31-27-26-19)20(21(29)25-23(3,4)5)17-8-6-7-9-18(17)24/h6-13,20H,1-5H3,(H,25,29). The van der Waals surface area contributed by atoms with Crippen molar-refractivity contribution in [1.82, 2.24) is 14.9 Å². The third kappa shape index (κ3) is 5.14. The van der Waals surface area contributed by atoms with Gasteiger partial charge in [0.05, 0.1) is 0 Å². The highest BCUT2D eigenvalue weighted by molar-refractivity contribution is 7.03. The fraction of sp³-hybridized carbons (Fsp3) is 0.304. The molecule has 0 aliphatic rings. The molecule has 0 bridgehead atoms. The topological polar surface area (TPSA) is 75.2 Å². The largest absolute Gasteiger partial charge is 0.349 e. The van der Waals surface area contributed by atoms with Crippen LogP contribution in [0.25, 0.3) is 0 Å². The van der Waals surface area contributed by atoms with Gasteiger partial charge in [-0.2, -0.15) is 0 Å². The van der Waals surface area contributed by atoms with Gasteiger partial charge in [0, 0.05) is 22.2 Å². The molecule has 0 aliphatic carbocycles. The average Bonchev–Trinajstić information content (AvgIpc) is 3.22. The Morgan fingerprint density at radius 1 is 1.10 bits per heavy atom. The summed E-state index contributed by atoms with van der Waals surface area (Å²) in [5.41, 5.74) is 2.05. The summed E-state index contributed by atoms with van der Waals surface area (Å²) in [5.74, 6) is -1.60. The van der Waals surface area contributed by atoms with Gasteiger partial charge >= 0.3 is 0 Å². The Bertz CT molecular complexity index is 1090. The fourth-order valence-electron chi connectivity index (χ4n) is 3.17. The first kappa shape index (κ1) is 22.6. The molecule has 0 saturated carbocycles. The number of aryl methyl sites for hydroxylation is 2. The van der Waals surface area contributed by atoms with Gasteiger partial charge in [-0.15, -0.1) is 5.10 Å². The van der Waals surface area contributed by atoms with E-state index in [-0.39, 0.29) is 11.3 Å². The van der Waals surface area contributed by atoms with Crippen LogP contribution in [-0.2, 0) is 4.79 Å². The van der Waals surface area contributed by atoms with Crippen molar-refractivity contribution in [3.05, 3.63) is 76.0 Å². The number of carbonyl (C=O) groups excluding carboxylic acids is 2. The molecule has 1 aromatic heterocycles. The SMILES string of the molecule is Cc1ccc(N(C(=O)c2csnn2)C(C(=O)NC(C)(C)C)c2ccccc2F)cc1C. The van der Waals surface area contributed by atoms with E-state index in [1.54, 1.807) is 18.2 Å². The van der Waals surface area contributed by atoms with Gasteiger partial charge in [-0.1, -0.05) is 28.8 Å². The molecule has 162 valence electrons. The molecule has 0 radical (unpaired) electrons. The summed E-state index contributed by atoms with van der Waals surface area (Å²) in [6.07, 6.45) is 0. The van der Waals surface area contributed by atoms with E-state index in [1.165, 1.54) is 22.4 Å². The molecule has 0 fully saturated rings. The zero-order valence-corrected chi connectivity index (χ0v) is 19.0. The molecule has 1 heterocycles. The number of amides is 2. The number of benzene rings is 2. The highest BCUT2D eigenvalue weighted by Crippen LogP contribution is 2.32. The number of carbonyl (C=O) groups is 2. The Morgan fingerprint density at radius 2 is 1.81 bits per heavy atom. The van der Waals surface area contributed by atoms with E-state index in [0.717, 1.165) is 22.7 Å². The van der Waals surface area contributed by atoms with Gasteiger partial charge < -0.3 is 5.32 Å². The van der Waals surface area contributed by atoms with Crippen molar-refractivity contribution in [1.29, 1.82) is 0 Å². The minimum atomic E-state index is -1.24. The monoisotopic (exact) mass is 440 g/mol. The molecule has 1 unspecified atom stereocenters. The van der Waals surface area contributed by atoms with Crippen LogP contribution in [0.1, 0.15) is 54.0 Å². The summed E-state index contributed by atoms with van der Waals surface area (Å²) in [5, 5.41) is 8.29. The summed E-state index contributed by atoms with van der Waals surface area (Å²) in [6, 6.07) is 10.2. The highest BCUT2D eigenvalue weighted by Gasteiger charge is 2.37. The molecule has 2 amide bonds. The molecule has 3 aromatic rings. The minimum absolute atomic E-state index is 0.0909. The third-order valence-corrected chi connectivity index (χ3v) is 5.28. The van der Waals surface area contributed by atoms with Crippen molar-refractivity contribution in [3.8, 4) is 0 Å². The molecule has 0 aliphatic heterocycles. The number of hydrogen-bond donors (Lipinski definition) is 1. The quantitative estimate of drug-likeness (QED) is 0.629. The van der Waals surface area contributed by atoms with Crippen molar-refractivity contribution in [2.75, 3.05) is 4.90 Å². The van der Waals surface area contributed by atoms with Crippen LogP contribution in [0.4, 0.5) is 10.1 Å². The lowest BCUT2D eigenvalue weighted by atomic mass is 9.99. The molecule has 3 rings (SSSR count). The molecular weight excluding hydrogens is 415 g/mol. The zero-order valence-electron chi connectivity index (χ0n) is 18.1. The van der Waals surface area contributed by atoms with Gasteiger partial charge in [0.1, 0.15) is 11.9 Å². The van der Waals surface area contributed by atoms with Crippen molar-refractivity contribution < 1.29 is 14.0 Å². The van der Waals surface area contributed by atoms with Gasteiger partial charge in [0.2, 0.25) is 5.91 Å². The summed E-state index contributed by atoms with van der Waals surface area (Å²) >= 11 is 1.03. The highest BCUT2D eigenvalue weighted by atomic mass is 32.1. The molecule has 2 aromatic carbocycles. The van der Waals surface area contributed by atoms with Crippen LogP contribution in [0.15, 0.2) is 47.8 Å². The van der Waals surface area contributed by atoms with Crippen LogP contribution in [0.5, 0.6) is 0 Å². The second-order valence-corrected chi connectivity index (χ2v) is 9.01. The van der Waals surface area contributed by atoms with Crippen LogP contribution in [0.3, 0.4) is 0 Å². The van der Waals surface area contributed by atoms with Crippen LogP contribution in [0.2, 0.25) is 0 Å². The van der Waals surface area contributed by atoms with E-state index >= 15 is 0 Å². The lowest BCUT2D eigenvalue weighted by Crippen LogP contribution is -2.49. The van der Waals surface area contributed by atoms with Crippen molar-refractivity contribution in [2.45, 2.75) is 46.2 Å². The van der Waals surface area contributed by atoms with Crippen molar-refractivity contribution in [2.24, 2.45) is 0 Å². The van der Waals surface area contributed by atoms with Gasteiger partial charge in [-0.05, 0) is 75.5 Å². The first-order valence-corrected chi connectivity index (χ1v) is 10.7. The van der Waals surface area contributed by atoms with E-state index in [9.17, 15) is 14.0 Å². The molecular formula is C23H25FN4O2S. The number of anilines is 1. The number of aromatic nitrogens is 2. The third-order valence-electron chi connectivity index (χ3n) is 4.77. The summed E-state index contributed by atoms with van der Waals surface area (Å²) in [4.78, 5) is 28.3. The van der Waals surface area contributed by atoms with E-state index in [0.29, 0.717) is 5.69 Å². The number of nitrogens with one attached hydrogen (secondary N) is 1. The first-order valence-electron chi connectivity index (χ1n) is 9.83. The maximum atomic E-state index is 14.9. The zero-order chi connectivity index (χ0) is 22.8. The molecule has 1 N–H and O–H groups in total. The van der Waals surface area contributed by atoms with E-state index in [1.807, 2.05) is 46.8 Å². The summed E-state index contributed by atoms with van der Waals surface area (Å²) in [6.45, 7) is 9.36. The number of halogens is 1. The Morgan fingerprint density at radius 3 is 2.39 bits per heavy atom. The molecule has 8 heteroatoms. The second kappa shape index (κ2) is 8.93.